The highest BCUT2D eigenvalue weighted by atomic mass is 16.7. The number of hydrogen-bond donors (Lipinski definition) is 6. The van der Waals surface area contributed by atoms with Gasteiger partial charge in [0.1, 0.15) is 30.4 Å². The molecule has 1 aliphatic heterocycles. The standard InChI is InChI=1S/C15H27N3O8/c1-6(10(14(24)16-4)17-7(2)20)25-15-11(18-8(3)21)13(23)12(22)9(5-19)26-15/h6,9-13,15,19,22-23H,5H2,1-4H3,(H,16,24)(H,17,20)(H,18,21)/t6-,9-,10+,11-,12-,13-,15-/m1/s1. The van der Waals surface area contributed by atoms with Crippen molar-refractivity contribution < 1.29 is 39.2 Å². The molecule has 1 fully saturated rings. The molecule has 0 saturated carbocycles. The van der Waals surface area contributed by atoms with Crippen LogP contribution in [0.3, 0.4) is 0 Å². The number of hydrogen-bond acceptors (Lipinski definition) is 8. The van der Waals surface area contributed by atoms with Crippen LogP contribution in [0.5, 0.6) is 0 Å². The first-order valence-corrected chi connectivity index (χ1v) is 8.16. The van der Waals surface area contributed by atoms with Crippen molar-refractivity contribution in [3.8, 4) is 0 Å². The number of nitrogens with one attached hydrogen (secondary N) is 3. The summed E-state index contributed by atoms with van der Waals surface area (Å²) >= 11 is 0. The van der Waals surface area contributed by atoms with E-state index in [1.54, 1.807) is 0 Å². The normalized spacial score (nSPS) is 30.8. The van der Waals surface area contributed by atoms with Crippen LogP contribution >= 0.6 is 0 Å². The van der Waals surface area contributed by atoms with Crippen LogP contribution < -0.4 is 16.0 Å². The highest BCUT2D eigenvalue weighted by Gasteiger charge is 2.46. The summed E-state index contributed by atoms with van der Waals surface area (Å²) in [6, 6.07) is -2.20. The lowest BCUT2D eigenvalue weighted by atomic mass is 9.96. The van der Waals surface area contributed by atoms with Gasteiger partial charge in [0.25, 0.3) is 0 Å². The molecular formula is C15H27N3O8. The van der Waals surface area contributed by atoms with Gasteiger partial charge in [-0.15, -0.1) is 0 Å². The lowest BCUT2D eigenvalue weighted by Gasteiger charge is -2.43. The number of aliphatic hydroxyl groups excluding tert-OH is 3. The Kier molecular flexibility index (Phi) is 8.37. The maximum absolute atomic E-state index is 12.0. The Morgan fingerprint density at radius 3 is 2.23 bits per heavy atom. The minimum Gasteiger partial charge on any atom is -0.394 e. The minimum absolute atomic E-state index is 0.458. The van der Waals surface area contributed by atoms with Gasteiger partial charge in [0.05, 0.1) is 12.7 Å². The third-order valence-corrected chi connectivity index (χ3v) is 3.96. The number of aliphatic hydroxyl groups is 3. The van der Waals surface area contributed by atoms with Gasteiger partial charge in [0.15, 0.2) is 6.29 Å². The summed E-state index contributed by atoms with van der Waals surface area (Å²) in [7, 11) is 1.39. The summed E-state index contributed by atoms with van der Waals surface area (Å²) < 4.78 is 11.1. The summed E-state index contributed by atoms with van der Waals surface area (Å²) in [5.41, 5.74) is 0. The Morgan fingerprint density at radius 1 is 1.15 bits per heavy atom. The van der Waals surface area contributed by atoms with Gasteiger partial charge < -0.3 is 40.7 Å². The van der Waals surface area contributed by atoms with Crippen molar-refractivity contribution >= 4 is 17.7 Å². The second kappa shape index (κ2) is 9.78. The average Bonchev–Trinajstić information content (AvgIpc) is 2.57. The number of amides is 3. The lowest BCUT2D eigenvalue weighted by Crippen LogP contribution is -2.65. The van der Waals surface area contributed by atoms with E-state index in [9.17, 15) is 29.7 Å². The summed E-state index contributed by atoms with van der Waals surface area (Å²) in [4.78, 5) is 34.7. The number of carbonyl (C=O) groups excluding carboxylic acids is 3. The molecule has 150 valence electrons. The minimum atomic E-state index is -1.47. The van der Waals surface area contributed by atoms with Crippen molar-refractivity contribution in [2.75, 3.05) is 13.7 Å². The maximum Gasteiger partial charge on any atom is 0.245 e. The van der Waals surface area contributed by atoms with E-state index < -0.39 is 67.1 Å². The van der Waals surface area contributed by atoms with E-state index in [-0.39, 0.29) is 0 Å². The number of likely N-dealkylation sites (N-methyl/N-ethyl adjacent to an activating group) is 1. The fourth-order valence-corrected chi connectivity index (χ4v) is 2.65. The number of ether oxygens (including phenoxy) is 2. The molecule has 6 N–H and O–H groups in total. The zero-order valence-corrected chi connectivity index (χ0v) is 15.1. The first kappa shape index (κ1) is 22.3. The summed E-state index contributed by atoms with van der Waals surface area (Å²) in [6.07, 6.45) is -6.25. The maximum atomic E-state index is 12.0. The van der Waals surface area contributed by atoms with Crippen molar-refractivity contribution in [2.24, 2.45) is 0 Å². The number of carbonyl (C=O) groups is 3. The van der Waals surface area contributed by atoms with Gasteiger partial charge in [-0.05, 0) is 6.92 Å². The van der Waals surface area contributed by atoms with E-state index in [1.807, 2.05) is 0 Å². The Morgan fingerprint density at radius 2 is 1.77 bits per heavy atom. The van der Waals surface area contributed by atoms with Crippen LogP contribution in [0.1, 0.15) is 20.8 Å². The molecule has 0 spiro atoms. The van der Waals surface area contributed by atoms with Crippen LogP contribution in [0, 0.1) is 0 Å². The Labute approximate surface area is 151 Å². The van der Waals surface area contributed by atoms with E-state index in [1.165, 1.54) is 27.8 Å². The second-order valence-corrected chi connectivity index (χ2v) is 6.07. The molecule has 1 aliphatic rings. The Bertz CT molecular complexity index is 517. The molecular weight excluding hydrogens is 350 g/mol. The third kappa shape index (κ3) is 5.61. The van der Waals surface area contributed by atoms with Crippen molar-refractivity contribution in [3.05, 3.63) is 0 Å². The van der Waals surface area contributed by atoms with Crippen LogP contribution in [0.4, 0.5) is 0 Å². The van der Waals surface area contributed by atoms with E-state index in [4.69, 9.17) is 9.47 Å². The van der Waals surface area contributed by atoms with Gasteiger partial charge in [0.2, 0.25) is 17.7 Å². The summed E-state index contributed by atoms with van der Waals surface area (Å²) in [5.74, 6) is -1.47. The van der Waals surface area contributed by atoms with E-state index >= 15 is 0 Å². The first-order valence-electron chi connectivity index (χ1n) is 8.16. The molecule has 26 heavy (non-hydrogen) atoms. The highest BCUT2D eigenvalue weighted by Crippen LogP contribution is 2.23. The lowest BCUT2D eigenvalue weighted by molar-refractivity contribution is -0.281. The molecule has 0 radical (unpaired) electrons. The van der Waals surface area contributed by atoms with Crippen LogP contribution in [-0.2, 0) is 23.9 Å². The quantitative estimate of drug-likeness (QED) is 0.267. The Hall–Kier alpha value is -1.79. The number of rotatable bonds is 7. The summed E-state index contributed by atoms with van der Waals surface area (Å²) in [6.45, 7) is 3.35. The van der Waals surface area contributed by atoms with Gasteiger partial charge >= 0.3 is 0 Å². The van der Waals surface area contributed by atoms with Gasteiger partial charge in [-0.25, -0.2) is 0 Å². The fraction of sp³-hybridized carbons (Fsp3) is 0.800. The molecule has 1 heterocycles. The molecule has 0 aromatic carbocycles. The molecule has 11 nitrogen and oxygen atoms in total. The molecule has 1 rings (SSSR count). The smallest absolute Gasteiger partial charge is 0.245 e. The molecule has 1 saturated heterocycles. The molecule has 7 atom stereocenters. The van der Waals surface area contributed by atoms with Gasteiger partial charge in [-0.3, -0.25) is 14.4 Å². The molecule has 0 aromatic rings. The fourth-order valence-electron chi connectivity index (χ4n) is 2.65. The summed E-state index contributed by atoms with van der Waals surface area (Å²) in [5, 5.41) is 36.7. The highest BCUT2D eigenvalue weighted by molar-refractivity contribution is 5.87. The topological polar surface area (TPSA) is 166 Å². The van der Waals surface area contributed by atoms with Crippen molar-refractivity contribution in [1.29, 1.82) is 0 Å². The third-order valence-electron chi connectivity index (χ3n) is 3.96. The van der Waals surface area contributed by atoms with Crippen molar-refractivity contribution in [3.63, 3.8) is 0 Å². The average molecular weight is 377 g/mol. The molecule has 11 heteroatoms. The van der Waals surface area contributed by atoms with Gasteiger partial charge in [0, 0.05) is 20.9 Å². The largest absolute Gasteiger partial charge is 0.394 e. The van der Waals surface area contributed by atoms with E-state index in [0.717, 1.165) is 0 Å². The van der Waals surface area contributed by atoms with Crippen LogP contribution in [0.2, 0.25) is 0 Å². The Balaban J connectivity index is 3.00. The zero-order valence-electron chi connectivity index (χ0n) is 15.1. The van der Waals surface area contributed by atoms with Gasteiger partial charge in [-0.1, -0.05) is 0 Å². The van der Waals surface area contributed by atoms with Crippen LogP contribution in [0.25, 0.3) is 0 Å². The second-order valence-electron chi connectivity index (χ2n) is 6.07. The SMILES string of the molecule is CNC(=O)[C@@H](NC(C)=O)[C@@H](C)O[C@@H]1O[C@H](CO)[C@@H](O)[C@H](O)[C@H]1NC(C)=O. The van der Waals surface area contributed by atoms with Crippen molar-refractivity contribution in [2.45, 2.75) is 63.6 Å². The van der Waals surface area contributed by atoms with Crippen LogP contribution in [-0.4, -0.2) is 89.5 Å². The van der Waals surface area contributed by atoms with Gasteiger partial charge in [-0.2, -0.15) is 0 Å². The first-order chi connectivity index (χ1) is 12.1. The van der Waals surface area contributed by atoms with E-state index in [0.29, 0.717) is 0 Å². The molecule has 0 unspecified atom stereocenters. The van der Waals surface area contributed by atoms with Crippen molar-refractivity contribution in [1.82, 2.24) is 16.0 Å². The van der Waals surface area contributed by atoms with Crippen LogP contribution in [0.15, 0.2) is 0 Å². The predicted octanol–water partition coefficient (Wildman–Crippen LogP) is -3.41. The molecule has 0 bridgehead atoms. The monoisotopic (exact) mass is 377 g/mol. The van der Waals surface area contributed by atoms with E-state index in [2.05, 4.69) is 16.0 Å². The molecule has 0 aromatic heterocycles. The molecule has 0 aliphatic carbocycles. The molecule has 3 amide bonds. The zero-order chi connectivity index (χ0) is 20.0. The predicted molar refractivity (Wildman–Crippen MR) is 87.6 cm³/mol.